The molecule has 2 aromatic carbocycles. The van der Waals surface area contributed by atoms with Crippen molar-refractivity contribution in [2.45, 2.75) is 30.6 Å². The Bertz CT molecular complexity index is 864. The number of hydrogen-bond donors (Lipinski definition) is 2. The summed E-state index contributed by atoms with van der Waals surface area (Å²) in [7, 11) is -1.39. The average Bonchev–Trinajstić information content (AvgIpc) is 2.65. The highest BCUT2D eigenvalue weighted by Gasteiger charge is 2.20. The van der Waals surface area contributed by atoms with Gasteiger partial charge >= 0.3 is 0 Å². The second-order valence-corrected chi connectivity index (χ2v) is 9.28. The van der Waals surface area contributed by atoms with E-state index in [0.717, 1.165) is 24.5 Å². The minimum atomic E-state index is -3.15. The van der Waals surface area contributed by atoms with Gasteiger partial charge < -0.3 is 10.6 Å². The van der Waals surface area contributed by atoms with E-state index in [1.54, 1.807) is 19.2 Å². The fraction of sp³-hybridized carbons (Fsp3) is 0.381. The lowest BCUT2D eigenvalue weighted by atomic mass is 9.85. The van der Waals surface area contributed by atoms with Crippen molar-refractivity contribution in [3.8, 4) is 0 Å². The lowest BCUT2D eigenvalue weighted by molar-refractivity contribution is 0.508. The fourth-order valence-electron chi connectivity index (χ4n) is 2.75. The molecule has 0 saturated heterocycles. The highest BCUT2D eigenvalue weighted by atomic mass is 127. The molecule has 2 rings (SSSR count). The number of halogens is 1. The zero-order valence-corrected chi connectivity index (χ0v) is 20.0. The van der Waals surface area contributed by atoms with Crippen LogP contribution in [-0.4, -0.2) is 40.8 Å². The maximum atomic E-state index is 11.5. The third-order valence-corrected chi connectivity index (χ3v) is 5.66. The van der Waals surface area contributed by atoms with Crippen LogP contribution in [0.3, 0.4) is 0 Å². The molecule has 2 aromatic rings. The first-order chi connectivity index (χ1) is 12.7. The third-order valence-electron chi connectivity index (χ3n) is 4.53. The number of nitrogens with zero attached hydrogens (tertiary/aromatic N) is 1. The summed E-state index contributed by atoms with van der Waals surface area (Å²) >= 11 is 0. The fourth-order valence-corrected chi connectivity index (χ4v) is 3.38. The Morgan fingerprint density at radius 3 is 2.14 bits per heavy atom. The van der Waals surface area contributed by atoms with Crippen molar-refractivity contribution in [2.24, 2.45) is 4.99 Å². The van der Waals surface area contributed by atoms with Crippen LogP contribution in [-0.2, 0) is 21.7 Å². The number of guanidine groups is 1. The molecular formula is C21H30IN3O2S. The molecule has 28 heavy (non-hydrogen) atoms. The number of hydrogen-bond acceptors (Lipinski definition) is 3. The van der Waals surface area contributed by atoms with Gasteiger partial charge in [0.2, 0.25) is 0 Å². The number of benzene rings is 2. The maximum Gasteiger partial charge on any atom is 0.191 e. The summed E-state index contributed by atoms with van der Waals surface area (Å²) in [6.07, 6.45) is 2.00. The standard InChI is InChI=1S/C21H29N3O2S.HI/c1-21(2,18-8-6-5-7-9-18)16-24-20(22-3)23-15-14-17-10-12-19(13-11-17)27(4,25)26;/h5-13H,14-16H2,1-4H3,(H2,22,23,24);1H. The van der Waals surface area contributed by atoms with E-state index in [4.69, 9.17) is 0 Å². The number of sulfone groups is 1. The van der Waals surface area contributed by atoms with Crippen molar-refractivity contribution in [1.82, 2.24) is 10.6 Å². The summed E-state index contributed by atoms with van der Waals surface area (Å²) in [5, 5.41) is 6.69. The van der Waals surface area contributed by atoms with Crippen LogP contribution < -0.4 is 10.6 Å². The van der Waals surface area contributed by atoms with Crippen LogP contribution in [0.5, 0.6) is 0 Å². The van der Waals surface area contributed by atoms with E-state index in [-0.39, 0.29) is 29.4 Å². The number of nitrogens with one attached hydrogen (secondary N) is 2. The highest BCUT2D eigenvalue weighted by Crippen LogP contribution is 2.21. The van der Waals surface area contributed by atoms with Crippen LogP contribution in [0.25, 0.3) is 0 Å². The van der Waals surface area contributed by atoms with Gasteiger partial charge in [-0.05, 0) is 29.7 Å². The Balaban J connectivity index is 0.00000392. The van der Waals surface area contributed by atoms with Gasteiger partial charge in [-0.15, -0.1) is 24.0 Å². The summed E-state index contributed by atoms with van der Waals surface area (Å²) in [5.74, 6) is 0.756. The zero-order valence-electron chi connectivity index (χ0n) is 16.9. The van der Waals surface area contributed by atoms with Gasteiger partial charge in [0.25, 0.3) is 0 Å². The lowest BCUT2D eigenvalue weighted by Gasteiger charge is -2.26. The molecule has 5 nitrogen and oxygen atoms in total. The smallest absolute Gasteiger partial charge is 0.191 e. The summed E-state index contributed by atoms with van der Waals surface area (Å²) in [5.41, 5.74) is 2.34. The molecule has 0 spiro atoms. The van der Waals surface area contributed by atoms with Crippen LogP contribution in [0.1, 0.15) is 25.0 Å². The molecule has 0 aliphatic carbocycles. The van der Waals surface area contributed by atoms with Crippen molar-refractivity contribution in [3.63, 3.8) is 0 Å². The van der Waals surface area contributed by atoms with Crippen molar-refractivity contribution in [3.05, 3.63) is 65.7 Å². The van der Waals surface area contributed by atoms with Gasteiger partial charge in [-0.25, -0.2) is 8.42 Å². The molecular weight excluding hydrogens is 485 g/mol. The first kappa shape index (κ1) is 24.4. The number of rotatable bonds is 7. The second kappa shape index (κ2) is 10.8. The van der Waals surface area contributed by atoms with Crippen LogP contribution >= 0.6 is 24.0 Å². The van der Waals surface area contributed by atoms with Crippen molar-refractivity contribution >= 4 is 39.8 Å². The molecule has 154 valence electrons. The summed E-state index contributed by atoms with van der Waals surface area (Å²) < 4.78 is 23.0. The first-order valence-corrected chi connectivity index (χ1v) is 10.9. The zero-order chi connectivity index (χ0) is 19.9. The SMILES string of the molecule is CN=C(NCCc1ccc(S(C)(=O)=O)cc1)NCC(C)(C)c1ccccc1.I. The second-order valence-electron chi connectivity index (χ2n) is 7.27. The largest absolute Gasteiger partial charge is 0.356 e. The highest BCUT2D eigenvalue weighted by molar-refractivity contribution is 14.0. The van der Waals surface area contributed by atoms with Crippen molar-refractivity contribution < 1.29 is 8.42 Å². The van der Waals surface area contributed by atoms with E-state index in [1.807, 2.05) is 18.2 Å². The molecule has 0 atom stereocenters. The predicted molar refractivity (Wildman–Crippen MR) is 128 cm³/mol. The Morgan fingerprint density at radius 2 is 1.61 bits per heavy atom. The normalized spacial score (nSPS) is 12.2. The summed E-state index contributed by atoms with van der Waals surface area (Å²) in [4.78, 5) is 4.62. The third kappa shape index (κ3) is 7.43. The molecule has 0 aliphatic rings. The molecule has 0 fully saturated rings. The predicted octanol–water partition coefficient (Wildman–Crippen LogP) is 3.39. The van der Waals surface area contributed by atoms with Gasteiger partial charge in [0.1, 0.15) is 0 Å². The Hall–Kier alpha value is -1.61. The van der Waals surface area contributed by atoms with Gasteiger partial charge in [-0.1, -0.05) is 56.3 Å². The Morgan fingerprint density at radius 1 is 1.00 bits per heavy atom. The van der Waals surface area contributed by atoms with Gasteiger partial charge in [-0.2, -0.15) is 0 Å². The van der Waals surface area contributed by atoms with Gasteiger partial charge in [-0.3, -0.25) is 4.99 Å². The van der Waals surface area contributed by atoms with Gasteiger partial charge in [0, 0.05) is 31.8 Å². The van der Waals surface area contributed by atoms with E-state index in [2.05, 4.69) is 53.7 Å². The average molecular weight is 515 g/mol. The van der Waals surface area contributed by atoms with Crippen LogP contribution in [0, 0.1) is 0 Å². The molecule has 0 amide bonds. The molecule has 7 heteroatoms. The van der Waals surface area contributed by atoms with Crippen LogP contribution in [0.15, 0.2) is 64.5 Å². The molecule has 0 aliphatic heterocycles. The van der Waals surface area contributed by atoms with Crippen LogP contribution in [0.2, 0.25) is 0 Å². The maximum absolute atomic E-state index is 11.5. The Kier molecular flexibility index (Phi) is 9.43. The molecule has 0 unspecified atom stereocenters. The van der Waals surface area contributed by atoms with E-state index in [9.17, 15) is 8.42 Å². The van der Waals surface area contributed by atoms with Crippen LogP contribution in [0.4, 0.5) is 0 Å². The van der Waals surface area contributed by atoms with Crippen molar-refractivity contribution in [2.75, 3.05) is 26.4 Å². The van der Waals surface area contributed by atoms with Gasteiger partial charge in [0.15, 0.2) is 15.8 Å². The first-order valence-electron chi connectivity index (χ1n) is 9.01. The van der Waals surface area contributed by atoms with Crippen molar-refractivity contribution in [1.29, 1.82) is 0 Å². The van der Waals surface area contributed by atoms with E-state index in [1.165, 1.54) is 11.8 Å². The molecule has 0 saturated carbocycles. The molecule has 2 N–H and O–H groups in total. The molecule has 0 bridgehead atoms. The topological polar surface area (TPSA) is 70.6 Å². The minimum absolute atomic E-state index is 0. The van der Waals surface area contributed by atoms with E-state index in [0.29, 0.717) is 11.4 Å². The van der Waals surface area contributed by atoms with Gasteiger partial charge in [0.05, 0.1) is 4.90 Å². The monoisotopic (exact) mass is 515 g/mol. The minimum Gasteiger partial charge on any atom is -0.356 e. The molecule has 0 aromatic heterocycles. The summed E-state index contributed by atoms with van der Waals surface area (Å²) in [6, 6.07) is 17.4. The van der Waals surface area contributed by atoms with E-state index >= 15 is 0 Å². The number of aliphatic imine (C=N–C) groups is 1. The molecule has 0 radical (unpaired) electrons. The summed E-state index contributed by atoms with van der Waals surface area (Å²) in [6.45, 7) is 5.88. The lowest BCUT2D eigenvalue weighted by Crippen LogP contribution is -2.44. The Labute approximate surface area is 186 Å². The van der Waals surface area contributed by atoms with E-state index < -0.39 is 9.84 Å². The molecule has 0 heterocycles. The quantitative estimate of drug-likeness (QED) is 0.337.